The summed E-state index contributed by atoms with van der Waals surface area (Å²) >= 11 is 1.51. The number of carbonyl (C=O) groups excluding carboxylic acids is 1. The molecule has 2 aromatic rings. The second-order valence-corrected chi connectivity index (χ2v) is 7.18. The molecule has 1 aromatic heterocycles. The average molecular weight is 343 g/mol. The maximum Gasteiger partial charge on any atom is 0.264 e. The maximum absolute atomic E-state index is 13.9. The third-order valence-electron chi connectivity index (χ3n) is 4.18. The molecule has 0 bridgehead atoms. The van der Waals surface area contributed by atoms with Crippen LogP contribution in [0.1, 0.15) is 25.7 Å². The Balaban J connectivity index is 1.59. The quantitative estimate of drug-likeness (QED) is 0.861. The van der Waals surface area contributed by atoms with Crippen molar-refractivity contribution in [2.24, 2.45) is 0 Å². The van der Waals surface area contributed by atoms with Crippen LogP contribution >= 0.6 is 11.3 Å². The van der Waals surface area contributed by atoms with E-state index in [9.17, 15) is 9.18 Å². The van der Waals surface area contributed by atoms with Gasteiger partial charge in [-0.3, -0.25) is 9.69 Å². The van der Waals surface area contributed by atoms with Gasteiger partial charge in [-0.1, -0.05) is 0 Å². The molecule has 2 heterocycles. The van der Waals surface area contributed by atoms with E-state index in [0.717, 1.165) is 9.75 Å². The zero-order valence-corrected chi connectivity index (χ0v) is 14.3. The van der Waals surface area contributed by atoms with Gasteiger partial charge in [0, 0.05) is 43.2 Å². The number of hydrogen-bond donors (Lipinski definition) is 0. The number of carbonyl (C=O) groups is 1. The van der Waals surface area contributed by atoms with Gasteiger partial charge in [-0.25, -0.2) is 4.39 Å². The van der Waals surface area contributed by atoms with Crippen LogP contribution in [-0.4, -0.2) is 41.9 Å². The first-order valence-corrected chi connectivity index (χ1v) is 8.65. The van der Waals surface area contributed by atoms with Gasteiger partial charge < -0.3 is 4.90 Å². The van der Waals surface area contributed by atoms with E-state index in [1.807, 2.05) is 30.0 Å². The van der Waals surface area contributed by atoms with Gasteiger partial charge >= 0.3 is 0 Å². The van der Waals surface area contributed by atoms with Crippen LogP contribution in [0.25, 0.3) is 0 Å². The highest BCUT2D eigenvalue weighted by atomic mass is 32.1. The van der Waals surface area contributed by atoms with Crippen LogP contribution in [0.5, 0.6) is 0 Å². The van der Waals surface area contributed by atoms with Crippen molar-refractivity contribution in [3.8, 4) is 6.07 Å². The van der Waals surface area contributed by atoms with Crippen molar-refractivity contribution < 1.29 is 9.18 Å². The number of hydrogen-bond acceptors (Lipinski definition) is 4. The Morgan fingerprint density at radius 3 is 2.62 bits per heavy atom. The van der Waals surface area contributed by atoms with Gasteiger partial charge in [0.15, 0.2) is 0 Å². The van der Waals surface area contributed by atoms with Gasteiger partial charge in [0.1, 0.15) is 5.82 Å². The number of rotatable bonds is 3. The molecule has 0 N–H and O–H groups in total. The summed E-state index contributed by atoms with van der Waals surface area (Å²) in [5.74, 6) is -0.216. The van der Waals surface area contributed by atoms with E-state index in [-0.39, 0.29) is 11.7 Å². The van der Waals surface area contributed by atoms with E-state index in [1.165, 1.54) is 23.5 Å². The molecule has 0 unspecified atom stereocenters. The van der Waals surface area contributed by atoms with Crippen molar-refractivity contribution in [2.45, 2.75) is 13.5 Å². The molecule has 6 heteroatoms. The largest absolute Gasteiger partial charge is 0.335 e. The van der Waals surface area contributed by atoms with Crippen LogP contribution in [0.2, 0.25) is 0 Å². The fraction of sp³-hybridized carbons (Fsp3) is 0.333. The molecule has 0 atom stereocenters. The maximum atomic E-state index is 13.9. The van der Waals surface area contributed by atoms with Crippen molar-refractivity contribution in [3.05, 3.63) is 57.0 Å². The van der Waals surface area contributed by atoms with Crippen LogP contribution in [-0.2, 0) is 6.54 Å². The van der Waals surface area contributed by atoms with Crippen molar-refractivity contribution in [1.82, 2.24) is 9.80 Å². The normalized spacial score (nSPS) is 15.3. The molecule has 1 fully saturated rings. The second-order valence-electron chi connectivity index (χ2n) is 5.90. The monoisotopic (exact) mass is 343 g/mol. The lowest BCUT2D eigenvalue weighted by atomic mass is 10.1. The molecule has 0 spiro atoms. The van der Waals surface area contributed by atoms with Crippen LogP contribution < -0.4 is 0 Å². The molecule has 0 saturated carbocycles. The van der Waals surface area contributed by atoms with E-state index in [0.29, 0.717) is 43.9 Å². The average Bonchev–Trinajstić information content (AvgIpc) is 3.03. The van der Waals surface area contributed by atoms with E-state index < -0.39 is 0 Å². The minimum absolute atomic E-state index is 0.0745. The molecule has 3 rings (SSSR count). The lowest BCUT2D eigenvalue weighted by molar-refractivity contribution is 0.0632. The summed E-state index contributed by atoms with van der Waals surface area (Å²) in [4.78, 5) is 18.3. The van der Waals surface area contributed by atoms with Gasteiger partial charge in [-0.15, -0.1) is 11.3 Å². The number of benzene rings is 1. The predicted molar refractivity (Wildman–Crippen MR) is 91.4 cm³/mol. The van der Waals surface area contributed by atoms with Crippen LogP contribution in [0.3, 0.4) is 0 Å². The van der Waals surface area contributed by atoms with Crippen LogP contribution in [0.15, 0.2) is 30.3 Å². The Labute approximate surface area is 144 Å². The molecule has 1 aliphatic rings. The zero-order valence-electron chi connectivity index (χ0n) is 13.5. The Hall–Kier alpha value is -2.23. The highest BCUT2D eigenvalue weighted by molar-refractivity contribution is 7.13. The molecule has 1 saturated heterocycles. The lowest BCUT2D eigenvalue weighted by Gasteiger charge is -2.34. The second kappa shape index (κ2) is 7.12. The van der Waals surface area contributed by atoms with Crippen LogP contribution in [0, 0.1) is 24.1 Å². The first-order valence-electron chi connectivity index (χ1n) is 7.83. The first-order chi connectivity index (χ1) is 11.6. The van der Waals surface area contributed by atoms with E-state index in [2.05, 4.69) is 4.90 Å². The molecule has 1 aliphatic heterocycles. The molecule has 0 aliphatic carbocycles. The lowest BCUT2D eigenvalue weighted by Crippen LogP contribution is -2.48. The minimum Gasteiger partial charge on any atom is -0.335 e. The SMILES string of the molecule is Cc1ccc(C(=O)N2CCN(Cc3cc(C#N)ccc3F)CC2)s1. The molecule has 0 radical (unpaired) electrons. The summed E-state index contributed by atoms with van der Waals surface area (Å²) in [6, 6.07) is 10.3. The number of piperazine rings is 1. The smallest absolute Gasteiger partial charge is 0.264 e. The molecular weight excluding hydrogens is 325 g/mol. The van der Waals surface area contributed by atoms with E-state index >= 15 is 0 Å². The molecule has 1 aromatic carbocycles. The number of thiophene rings is 1. The summed E-state index contributed by atoms with van der Waals surface area (Å²) in [7, 11) is 0. The van der Waals surface area contributed by atoms with Gasteiger partial charge in [0.2, 0.25) is 0 Å². The minimum atomic E-state index is -0.290. The van der Waals surface area contributed by atoms with Crippen LogP contribution in [0.4, 0.5) is 4.39 Å². The van der Waals surface area contributed by atoms with Gasteiger partial charge in [0.25, 0.3) is 5.91 Å². The zero-order chi connectivity index (χ0) is 17.1. The topological polar surface area (TPSA) is 47.3 Å². The Morgan fingerprint density at radius 1 is 1.25 bits per heavy atom. The fourth-order valence-electron chi connectivity index (χ4n) is 2.82. The Bertz CT molecular complexity index is 788. The third kappa shape index (κ3) is 3.64. The Morgan fingerprint density at radius 2 is 2.00 bits per heavy atom. The standard InChI is InChI=1S/C18H18FN3OS/c1-13-2-5-17(24-13)18(23)22-8-6-21(7-9-22)12-15-10-14(11-20)3-4-16(15)19/h2-5,10H,6-9,12H2,1H3. The van der Waals surface area contributed by atoms with Crippen molar-refractivity contribution in [2.75, 3.05) is 26.2 Å². The first kappa shape index (κ1) is 16.6. The van der Waals surface area contributed by atoms with Crippen molar-refractivity contribution in [3.63, 3.8) is 0 Å². The fourth-order valence-corrected chi connectivity index (χ4v) is 3.66. The van der Waals surface area contributed by atoms with Gasteiger partial charge in [-0.05, 0) is 37.3 Å². The number of halogens is 1. The number of aryl methyl sites for hydroxylation is 1. The third-order valence-corrected chi connectivity index (χ3v) is 5.17. The van der Waals surface area contributed by atoms with E-state index in [4.69, 9.17) is 5.26 Å². The highest BCUT2D eigenvalue weighted by Crippen LogP contribution is 2.19. The summed E-state index contributed by atoms with van der Waals surface area (Å²) < 4.78 is 13.9. The summed E-state index contributed by atoms with van der Waals surface area (Å²) in [6.45, 7) is 5.12. The summed E-state index contributed by atoms with van der Waals surface area (Å²) in [6.07, 6.45) is 0. The summed E-state index contributed by atoms with van der Waals surface area (Å²) in [5, 5.41) is 8.94. The van der Waals surface area contributed by atoms with E-state index in [1.54, 1.807) is 6.07 Å². The molecule has 24 heavy (non-hydrogen) atoms. The molecule has 4 nitrogen and oxygen atoms in total. The number of nitriles is 1. The molecule has 1 amide bonds. The van der Waals surface area contributed by atoms with Crippen molar-refractivity contribution >= 4 is 17.2 Å². The van der Waals surface area contributed by atoms with Gasteiger partial charge in [-0.2, -0.15) is 5.26 Å². The molecule has 124 valence electrons. The Kier molecular flexibility index (Phi) is 4.93. The van der Waals surface area contributed by atoms with Gasteiger partial charge in [0.05, 0.1) is 16.5 Å². The number of nitrogens with zero attached hydrogens (tertiary/aromatic N) is 3. The van der Waals surface area contributed by atoms with Crippen molar-refractivity contribution in [1.29, 1.82) is 5.26 Å². The highest BCUT2D eigenvalue weighted by Gasteiger charge is 2.23. The molecular formula is C18H18FN3OS. The predicted octanol–water partition coefficient (Wildman–Crippen LogP) is 3.03. The number of amides is 1. The summed E-state index contributed by atoms with van der Waals surface area (Å²) in [5.41, 5.74) is 0.996.